The van der Waals surface area contributed by atoms with Crippen LogP contribution >= 0.6 is 11.6 Å². The Morgan fingerprint density at radius 1 is 1.19 bits per heavy atom. The summed E-state index contributed by atoms with van der Waals surface area (Å²) in [6.07, 6.45) is 8.78. The molecule has 3 fully saturated rings. The Morgan fingerprint density at radius 2 is 2.00 bits per heavy atom. The third kappa shape index (κ3) is 3.57. The van der Waals surface area contributed by atoms with Crippen molar-refractivity contribution >= 4 is 35.0 Å². The maximum atomic E-state index is 12.9. The van der Waals surface area contributed by atoms with E-state index in [1.54, 1.807) is 4.52 Å². The van der Waals surface area contributed by atoms with Gasteiger partial charge in [-0.25, -0.2) is 9.50 Å². The minimum absolute atomic E-state index is 0.0671. The largest absolute Gasteiger partial charge is 0.376 e. The normalized spacial score (nSPS) is 27.7. The lowest BCUT2D eigenvalue weighted by atomic mass is 9.89. The molecule has 4 heterocycles. The van der Waals surface area contributed by atoms with Crippen molar-refractivity contribution in [3.05, 3.63) is 58.5 Å². The van der Waals surface area contributed by atoms with Gasteiger partial charge in [-0.1, -0.05) is 37.6 Å². The number of halogens is 1. The fourth-order valence-electron chi connectivity index (χ4n) is 6.57. The van der Waals surface area contributed by atoms with Crippen LogP contribution in [-0.4, -0.2) is 57.1 Å². The van der Waals surface area contributed by atoms with Crippen LogP contribution in [0.5, 0.6) is 0 Å². The van der Waals surface area contributed by atoms with Crippen molar-refractivity contribution in [2.24, 2.45) is 17.3 Å². The lowest BCUT2D eigenvalue weighted by molar-refractivity contribution is -0.143. The number of allylic oxidation sites excluding steroid dienone is 1. The molecule has 0 radical (unpaired) electrons. The van der Waals surface area contributed by atoms with E-state index < -0.39 is 0 Å². The van der Waals surface area contributed by atoms with Crippen LogP contribution in [0.3, 0.4) is 0 Å². The molecule has 3 aromatic rings. The number of piperidine rings is 1. The molecule has 7 rings (SSSR count). The average molecular weight is 518 g/mol. The Kier molecular flexibility index (Phi) is 5.12. The molecule has 2 amide bonds. The highest BCUT2D eigenvalue weighted by Crippen LogP contribution is 2.63. The van der Waals surface area contributed by atoms with Crippen LogP contribution in [0.4, 0.5) is 0 Å². The molecule has 9 heteroatoms. The summed E-state index contributed by atoms with van der Waals surface area (Å²) in [5, 5.41) is 8.48. The molecule has 1 saturated carbocycles. The van der Waals surface area contributed by atoms with Crippen LogP contribution in [0, 0.1) is 17.3 Å². The van der Waals surface area contributed by atoms with Crippen LogP contribution < -0.4 is 5.32 Å². The Balaban J connectivity index is 1.23. The van der Waals surface area contributed by atoms with Gasteiger partial charge in [-0.3, -0.25) is 14.5 Å². The molecule has 2 aliphatic carbocycles. The number of ether oxygens (including phenoxy) is 1. The van der Waals surface area contributed by atoms with Crippen LogP contribution in [0.2, 0.25) is 5.02 Å². The number of rotatable bonds is 5. The summed E-state index contributed by atoms with van der Waals surface area (Å²) in [7, 11) is 0. The van der Waals surface area contributed by atoms with E-state index in [1.165, 1.54) is 16.8 Å². The highest BCUT2D eigenvalue weighted by molar-refractivity contribution is 6.31. The van der Waals surface area contributed by atoms with E-state index in [0.29, 0.717) is 5.02 Å². The maximum absolute atomic E-state index is 12.9. The maximum Gasteiger partial charge on any atom is 0.233 e. The minimum Gasteiger partial charge on any atom is -0.376 e. The molecular weight excluding hydrogens is 490 g/mol. The van der Waals surface area contributed by atoms with E-state index in [2.05, 4.69) is 27.6 Å². The third-order valence-electron chi connectivity index (χ3n) is 8.53. The highest BCUT2D eigenvalue weighted by atomic mass is 35.5. The first kappa shape index (κ1) is 23.1. The van der Waals surface area contributed by atoms with E-state index >= 15 is 0 Å². The monoisotopic (exact) mass is 517 g/mol. The zero-order valence-corrected chi connectivity index (χ0v) is 21.5. The number of hydrogen-bond acceptors (Lipinski definition) is 6. The molecule has 37 heavy (non-hydrogen) atoms. The summed E-state index contributed by atoms with van der Waals surface area (Å²) < 4.78 is 7.76. The van der Waals surface area contributed by atoms with E-state index in [9.17, 15) is 9.59 Å². The van der Waals surface area contributed by atoms with E-state index in [-0.39, 0.29) is 47.6 Å². The predicted octanol–water partition coefficient (Wildman–Crippen LogP) is 3.68. The molecule has 0 bridgehead atoms. The molecule has 2 aliphatic heterocycles. The zero-order valence-electron chi connectivity index (χ0n) is 20.8. The minimum atomic E-state index is -0.217. The number of likely N-dealkylation sites (tertiary alicyclic amines) is 1. The van der Waals surface area contributed by atoms with Gasteiger partial charge in [-0.15, -0.1) is 0 Å². The number of fused-ring (bicyclic) bond motifs is 3. The van der Waals surface area contributed by atoms with Crippen LogP contribution in [-0.2, 0) is 20.9 Å². The molecule has 4 aliphatic rings. The first-order valence-corrected chi connectivity index (χ1v) is 13.2. The first-order valence-electron chi connectivity index (χ1n) is 12.8. The fraction of sp³-hybridized carbons (Fsp3) is 0.429. The molecule has 190 valence electrons. The van der Waals surface area contributed by atoms with Crippen molar-refractivity contribution in [3.8, 4) is 11.3 Å². The number of amides is 2. The predicted molar refractivity (Wildman–Crippen MR) is 139 cm³/mol. The van der Waals surface area contributed by atoms with Gasteiger partial charge in [0.1, 0.15) is 6.33 Å². The third-order valence-corrected chi connectivity index (χ3v) is 8.74. The number of aromatic nitrogens is 3. The molecule has 3 unspecified atom stereocenters. The summed E-state index contributed by atoms with van der Waals surface area (Å²) in [5.74, 6) is -0.319. The van der Waals surface area contributed by atoms with Crippen molar-refractivity contribution in [3.63, 3.8) is 0 Å². The highest BCUT2D eigenvalue weighted by Gasteiger charge is 2.72. The van der Waals surface area contributed by atoms with E-state index in [0.717, 1.165) is 54.0 Å². The number of morpholine rings is 1. The Morgan fingerprint density at radius 3 is 2.76 bits per heavy atom. The molecule has 4 atom stereocenters. The fourth-order valence-corrected chi connectivity index (χ4v) is 6.80. The van der Waals surface area contributed by atoms with Gasteiger partial charge in [-0.05, 0) is 46.7 Å². The Labute approximate surface area is 219 Å². The Hall–Kier alpha value is -3.07. The number of benzene rings is 1. The van der Waals surface area contributed by atoms with Crippen LogP contribution in [0.15, 0.2) is 36.8 Å². The van der Waals surface area contributed by atoms with Crippen molar-refractivity contribution in [1.82, 2.24) is 24.8 Å². The lowest BCUT2D eigenvalue weighted by Crippen LogP contribution is -2.39. The smallest absolute Gasteiger partial charge is 0.233 e. The zero-order chi connectivity index (χ0) is 25.5. The van der Waals surface area contributed by atoms with Crippen molar-refractivity contribution < 1.29 is 14.3 Å². The van der Waals surface area contributed by atoms with Crippen LogP contribution in [0.25, 0.3) is 22.9 Å². The molecule has 2 aromatic heterocycles. The number of nitrogens with zero attached hydrogens (tertiary/aromatic N) is 4. The van der Waals surface area contributed by atoms with E-state index in [4.69, 9.17) is 16.3 Å². The van der Waals surface area contributed by atoms with Gasteiger partial charge in [0, 0.05) is 35.8 Å². The summed E-state index contributed by atoms with van der Waals surface area (Å²) in [6.45, 7) is 6.68. The molecule has 8 nitrogen and oxygen atoms in total. The van der Waals surface area contributed by atoms with Crippen molar-refractivity contribution in [1.29, 1.82) is 0 Å². The summed E-state index contributed by atoms with van der Waals surface area (Å²) in [5.41, 5.74) is 5.47. The van der Waals surface area contributed by atoms with Crippen molar-refractivity contribution in [2.75, 3.05) is 19.7 Å². The number of carbonyl (C=O) groups excluding carboxylic acids is 2. The first-order chi connectivity index (χ1) is 17.8. The van der Waals surface area contributed by atoms with Crippen molar-refractivity contribution in [2.45, 2.75) is 38.8 Å². The number of carbonyl (C=O) groups is 2. The second-order valence-corrected chi connectivity index (χ2v) is 11.6. The van der Waals surface area contributed by atoms with Gasteiger partial charge in [0.05, 0.1) is 42.3 Å². The SMILES string of the molecule is CC1(C)C2C(=O)N(Cc3cc4c(-c5cc(Cl)cc6c5C(C[C@@H]5CNCCO5)C=C6)ncnn4c3)C(=O)C21. The van der Waals surface area contributed by atoms with Gasteiger partial charge in [0.2, 0.25) is 11.8 Å². The molecular formula is C28H28ClN5O3. The van der Waals surface area contributed by atoms with Crippen LogP contribution in [0.1, 0.15) is 42.9 Å². The summed E-state index contributed by atoms with van der Waals surface area (Å²) >= 11 is 6.56. The van der Waals surface area contributed by atoms with Gasteiger partial charge < -0.3 is 10.1 Å². The van der Waals surface area contributed by atoms with E-state index in [1.807, 2.05) is 38.2 Å². The quantitative estimate of drug-likeness (QED) is 0.519. The molecule has 2 saturated heterocycles. The molecule has 0 spiro atoms. The number of imide groups is 1. The summed E-state index contributed by atoms with van der Waals surface area (Å²) in [4.78, 5) is 31.8. The average Bonchev–Trinajstić information content (AvgIpc) is 3.23. The summed E-state index contributed by atoms with van der Waals surface area (Å²) in [6, 6.07) is 5.94. The lowest BCUT2D eigenvalue weighted by Gasteiger charge is -2.26. The standard InChI is InChI=1S/C28H28ClN5O3/c1-28(2)23-24(28)27(36)33(26(23)35)12-15-7-21-25(31-14-32-34(21)13-15)20-10-18(29)8-16-3-4-17(22(16)20)9-19-11-30-5-6-37-19/h3-4,7-8,10,13-14,17,19,23-24,30H,5-6,9,11-12H2,1-2H3/t17?,19-,23?,24?/m1/s1. The van der Waals surface area contributed by atoms with Gasteiger partial charge in [0.25, 0.3) is 0 Å². The van der Waals surface area contributed by atoms with Gasteiger partial charge in [0.15, 0.2) is 0 Å². The topological polar surface area (TPSA) is 88.8 Å². The number of nitrogens with one attached hydrogen (secondary N) is 1. The molecule has 1 aromatic carbocycles. The van der Waals surface area contributed by atoms with Gasteiger partial charge in [-0.2, -0.15) is 5.10 Å². The number of hydrogen-bond donors (Lipinski definition) is 1. The van der Waals surface area contributed by atoms with Gasteiger partial charge >= 0.3 is 0 Å². The second-order valence-electron chi connectivity index (χ2n) is 11.2. The second kappa shape index (κ2) is 8.21. The Bertz CT molecular complexity index is 1460. The molecule has 1 N–H and O–H groups in total.